The monoisotopic (exact) mass is 1630 g/mol. The first-order valence-electron chi connectivity index (χ1n) is 39.7. The van der Waals surface area contributed by atoms with Gasteiger partial charge in [0.15, 0.2) is 12.3 Å². The van der Waals surface area contributed by atoms with Gasteiger partial charge in [0.25, 0.3) is 0 Å². The minimum Gasteiger partial charge on any atom is -0.491 e. The third-order valence-corrected chi connectivity index (χ3v) is 18.4. The molecule has 1 N–H and O–H groups in total. The fourth-order valence-corrected chi connectivity index (χ4v) is 12.6. The molecule has 3 aromatic carbocycles. The summed E-state index contributed by atoms with van der Waals surface area (Å²) in [5.74, 6) is 0.273. The number of ether oxygens (including phenoxy) is 22. The van der Waals surface area contributed by atoms with Gasteiger partial charge in [0.05, 0.1) is 254 Å². The van der Waals surface area contributed by atoms with Crippen LogP contribution in [0, 0.1) is 0 Å². The van der Waals surface area contributed by atoms with Crippen LogP contribution in [0.15, 0.2) is 103 Å². The van der Waals surface area contributed by atoms with Crippen molar-refractivity contribution in [1.29, 1.82) is 0 Å². The Morgan fingerprint density at radius 2 is 0.828 bits per heavy atom. The van der Waals surface area contributed by atoms with Crippen molar-refractivity contribution >= 4 is 28.6 Å². The van der Waals surface area contributed by atoms with Crippen molar-refractivity contribution in [1.82, 2.24) is 30.0 Å². The molecule has 0 unspecified atom stereocenters. The average Bonchev–Trinajstić information content (AvgIpc) is 1.59. The molecule has 0 bridgehead atoms. The largest absolute Gasteiger partial charge is 0.491 e. The lowest BCUT2D eigenvalue weighted by Gasteiger charge is -2.27. The number of carboxylic acid groups (broad SMARTS) is 1. The minimum atomic E-state index is -1.13. The van der Waals surface area contributed by atoms with E-state index in [0.717, 1.165) is 33.9 Å². The summed E-state index contributed by atoms with van der Waals surface area (Å²) < 4.78 is 131. The predicted octanol–water partition coefficient (Wildman–Crippen LogP) is 7.79. The highest BCUT2D eigenvalue weighted by Gasteiger charge is 2.45. The van der Waals surface area contributed by atoms with Crippen molar-refractivity contribution in [3.8, 4) is 11.5 Å². The molecule has 0 spiro atoms. The molecular weight excluding hydrogens is 1500 g/mol. The lowest BCUT2D eigenvalue weighted by Crippen LogP contribution is -2.29. The number of hydrogen-bond donors (Lipinski definition) is 1. The van der Waals surface area contributed by atoms with Crippen LogP contribution in [0.5, 0.6) is 11.5 Å². The summed E-state index contributed by atoms with van der Waals surface area (Å²) in [4.78, 5) is 15.9. The van der Waals surface area contributed by atoms with Crippen molar-refractivity contribution in [3.05, 3.63) is 148 Å². The molecule has 0 fully saturated rings. The summed E-state index contributed by atoms with van der Waals surface area (Å²) in [5.41, 5.74) is 8.76. The zero-order valence-corrected chi connectivity index (χ0v) is 69.9. The first kappa shape index (κ1) is 95.8. The molecule has 4 heterocycles. The zero-order chi connectivity index (χ0) is 82.5. The van der Waals surface area contributed by atoms with Crippen molar-refractivity contribution in [2.75, 3.05) is 285 Å². The second-order valence-corrected chi connectivity index (χ2v) is 27.6. The molecule has 0 radical (unpaired) electrons. The van der Waals surface area contributed by atoms with Crippen LogP contribution < -0.4 is 14.4 Å². The third-order valence-electron chi connectivity index (χ3n) is 18.4. The molecule has 5 aromatic rings. The van der Waals surface area contributed by atoms with Crippen molar-refractivity contribution in [2.45, 2.75) is 64.8 Å². The number of benzene rings is 3. The van der Waals surface area contributed by atoms with E-state index < -0.39 is 16.8 Å². The number of nitrogens with zero attached hydrogens (tertiary/aromatic N) is 8. The van der Waals surface area contributed by atoms with E-state index in [1.165, 1.54) is 0 Å². The third kappa shape index (κ3) is 34.2. The highest BCUT2D eigenvalue weighted by molar-refractivity contribution is 6.03. The molecule has 646 valence electrons. The van der Waals surface area contributed by atoms with E-state index in [-0.39, 0.29) is 31.9 Å². The van der Waals surface area contributed by atoms with Gasteiger partial charge in [-0.25, -0.2) is 14.2 Å². The molecule has 32 heteroatoms. The molecule has 2 aliphatic rings. The molecule has 0 aliphatic carbocycles. The van der Waals surface area contributed by atoms with E-state index in [2.05, 4.69) is 106 Å². The highest BCUT2D eigenvalue weighted by atomic mass is 16.6. The van der Waals surface area contributed by atoms with Gasteiger partial charge in [-0.3, -0.25) is 0 Å². The normalized spacial score (nSPS) is 14.3. The van der Waals surface area contributed by atoms with Crippen molar-refractivity contribution < 1.29 is 119 Å². The lowest BCUT2D eigenvalue weighted by molar-refractivity contribution is -0.442. The molecule has 0 saturated heterocycles. The van der Waals surface area contributed by atoms with E-state index in [1.54, 1.807) is 76.5 Å². The highest BCUT2D eigenvalue weighted by Crippen LogP contribution is 2.49. The summed E-state index contributed by atoms with van der Waals surface area (Å²) in [7, 11) is 9.83. The Bertz CT molecular complexity index is 3630. The Labute approximate surface area is 683 Å². The summed E-state index contributed by atoms with van der Waals surface area (Å²) >= 11 is 0. The Hall–Kier alpha value is -7.36. The van der Waals surface area contributed by atoms with Gasteiger partial charge in [-0.2, -0.15) is 4.58 Å². The molecule has 0 amide bonds. The molecule has 116 heavy (non-hydrogen) atoms. The van der Waals surface area contributed by atoms with Crippen LogP contribution in [0.1, 0.15) is 77.3 Å². The molecule has 2 aliphatic heterocycles. The fraction of sp³-hybridized carbons (Fsp3) is 0.619. The smallest absolute Gasteiger partial charge is 0.335 e. The van der Waals surface area contributed by atoms with Crippen LogP contribution >= 0.6 is 0 Å². The number of methoxy groups -OCH3 is 6. The van der Waals surface area contributed by atoms with Crippen LogP contribution in [0.4, 0.5) is 11.4 Å². The number of carbonyl (C=O) groups is 1. The Kier molecular flexibility index (Phi) is 47.0. The maximum Gasteiger partial charge on any atom is 0.335 e. The lowest BCUT2D eigenvalue weighted by atomic mass is 9.81. The molecule has 7 rings (SSSR count). The predicted molar refractivity (Wildman–Crippen MR) is 433 cm³/mol. The van der Waals surface area contributed by atoms with Gasteiger partial charge in [-0.15, -0.1) is 10.2 Å². The fourth-order valence-electron chi connectivity index (χ4n) is 12.6. The number of allylic oxidation sites excluding steroid dienone is 8. The van der Waals surface area contributed by atoms with Gasteiger partial charge in [0, 0.05) is 83.7 Å². The standard InChI is InChI=1S/C84H126N8O24/c1-83(2)75-59-73(115-55-53-111-47-43-107-35-29-99-9)17-19-77(75)91(21-23-101-37-39-103-31-25-95-5)79(83)15-11-13-67(14-12-16-80-84(3,4)76-60-74(116-56-54-112-48-44-108-36-30-100-10)18-20-78(76)92(80)22-24-102-38-40-104-32-26-96-6)81-69(61-89-63-71(85-87-89)65-113-51-49-109-45-41-105-33-27-97-7)57-68(82(93)94)58-70(81)62-90-64-72(86-88-90)66-114-52-50-110-46-42-106-34-28-98-8/h11-20,57-60,63-64H,21-56,61-62,65-66H2,1-10H3/p+1. The van der Waals surface area contributed by atoms with Gasteiger partial charge in [0.1, 0.15) is 42.7 Å². The molecule has 2 aromatic heterocycles. The van der Waals surface area contributed by atoms with Gasteiger partial charge >= 0.3 is 5.97 Å². The van der Waals surface area contributed by atoms with Crippen LogP contribution in [-0.2, 0) is 132 Å². The number of carboxylic acids is 1. The maximum absolute atomic E-state index is 13.6. The molecular formula is C84H127N8O24+. The number of aromatic carboxylic acids is 1. The van der Waals surface area contributed by atoms with E-state index in [9.17, 15) is 9.90 Å². The second kappa shape index (κ2) is 56.9. The van der Waals surface area contributed by atoms with Crippen molar-refractivity contribution in [2.24, 2.45) is 0 Å². The van der Waals surface area contributed by atoms with Crippen LogP contribution in [-0.4, -0.2) is 332 Å². The van der Waals surface area contributed by atoms with E-state index >= 15 is 0 Å². The number of hydrogen-bond acceptors (Lipinski definition) is 28. The average molecular weight is 1630 g/mol. The second-order valence-electron chi connectivity index (χ2n) is 27.6. The van der Waals surface area contributed by atoms with Crippen molar-refractivity contribution in [3.63, 3.8) is 0 Å². The summed E-state index contributed by atoms with van der Waals surface area (Å²) in [6.45, 7) is 24.7. The first-order valence-corrected chi connectivity index (χ1v) is 39.7. The number of fused-ring (bicyclic) bond motifs is 2. The van der Waals surface area contributed by atoms with Gasteiger partial charge in [-0.05, 0) is 90.2 Å². The minimum absolute atomic E-state index is 0.0453. The maximum atomic E-state index is 13.6. The number of rotatable bonds is 70. The number of anilines is 1. The summed E-state index contributed by atoms with van der Waals surface area (Å²) in [5, 5.41) is 29.3. The summed E-state index contributed by atoms with van der Waals surface area (Å²) in [6, 6.07) is 15.8. The van der Waals surface area contributed by atoms with Gasteiger partial charge in [0.2, 0.25) is 5.69 Å². The molecule has 0 atom stereocenters. The quantitative estimate of drug-likeness (QED) is 0.0220. The molecule has 0 saturated carbocycles. The Morgan fingerprint density at radius 1 is 0.440 bits per heavy atom. The van der Waals surface area contributed by atoms with Crippen LogP contribution in [0.25, 0.3) is 5.57 Å². The van der Waals surface area contributed by atoms with Crippen LogP contribution in [0.2, 0.25) is 0 Å². The van der Waals surface area contributed by atoms with E-state index in [0.29, 0.717) is 283 Å². The topological polar surface area (TPSA) is 308 Å². The molecule has 32 nitrogen and oxygen atoms in total. The van der Waals surface area contributed by atoms with Crippen LogP contribution in [0.3, 0.4) is 0 Å². The Morgan fingerprint density at radius 3 is 1.26 bits per heavy atom. The number of aromatic nitrogens is 6. The van der Waals surface area contributed by atoms with Gasteiger partial charge in [-0.1, -0.05) is 48.6 Å². The first-order chi connectivity index (χ1) is 56.8. The van der Waals surface area contributed by atoms with Gasteiger partial charge < -0.3 is 114 Å². The Balaban J connectivity index is 1.33. The zero-order valence-electron chi connectivity index (χ0n) is 69.9. The van der Waals surface area contributed by atoms with E-state index in [1.807, 2.05) is 24.3 Å². The SMILES string of the molecule is COCCOCCOCCOCc1cn(Cc2cc(C(=O)O)cc(Cn3cc(COCCOCCOCCOC)nn3)c2C(=C\C=C\C2=[N+](CCOCCOCCOC)c3ccc(OCCOCCOCCOC)cc3C2(C)C)/C=C/C=C2/N(CCOCCOCCOC)c3ccc(OCCOCCOCCOC)cc3C2(C)C)nn1. The van der Waals surface area contributed by atoms with E-state index in [4.69, 9.17) is 104 Å². The summed E-state index contributed by atoms with van der Waals surface area (Å²) in [6.07, 6.45) is 16.1.